The lowest BCUT2D eigenvalue weighted by Crippen LogP contribution is -2.50. The van der Waals surface area contributed by atoms with Crippen molar-refractivity contribution in [1.29, 1.82) is 0 Å². The Balaban J connectivity index is 1.77. The number of carbonyl (C=O) groups excluding carboxylic acids is 4. The monoisotopic (exact) mass is 518 g/mol. The number of nitrogens with one attached hydrogen (secondary N) is 1. The first-order chi connectivity index (χ1) is 18.4. The van der Waals surface area contributed by atoms with Gasteiger partial charge in [0.15, 0.2) is 0 Å². The van der Waals surface area contributed by atoms with Gasteiger partial charge in [0.2, 0.25) is 5.91 Å². The second-order valence-corrected chi connectivity index (χ2v) is 8.35. The minimum Gasteiger partial charge on any atom is -0.467 e. The Kier molecular flexibility index (Phi) is 10.4. The van der Waals surface area contributed by atoms with E-state index in [4.69, 9.17) is 14.2 Å². The molecule has 3 aromatic carbocycles. The normalized spacial score (nSPS) is 11.1. The first kappa shape index (κ1) is 27.9. The summed E-state index contributed by atoms with van der Waals surface area (Å²) in [5.74, 6) is -1.59. The van der Waals surface area contributed by atoms with Gasteiger partial charge in [0, 0.05) is 13.0 Å². The molecule has 0 fully saturated rings. The number of nitrogens with zero attached hydrogens (tertiary/aromatic N) is 1. The summed E-state index contributed by atoms with van der Waals surface area (Å²) in [5.41, 5.74) is 2.65. The minimum atomic E-state index is -0.961. The van der Waals surface area contributed by atoms with Gasteiger partial charge >= 0.3 is 18.0 Å². The van der Waals surface area contributed by atoms with Gasteiger partial charge in [-0.2, -0.15) is 0 Å². The lowest BCUT2D eigenvalue weighted by atomic mass is 10.0. The van der Waals surface area contributed by atoms with Gasteiger partial charge in [0.05, 0.1) is 19.8 Å². The third kappa shape index (κ3) is 8.19. The van der Waals surface area contributed by atoms with Crippen molar-refractivity contribution in [2.45, 2.75) is 25.6 Å². The highest BCUT2D eigenvalue weighted by Crippen LogP contribution is 2.16. The van der Waals surface area contributed by atoms with E-state index in [0.717, 1.165) is 11.1 Å². The molecule has 9 nitrogen and oxygen atoms in total. The molecular weight excluding hydrogens is 488 g/mol. The molecule has 1 N–H and O–H groups in total. The summed E-state index contributed by atoms with van der Waals surface area (Å²) >= 11 is 0. The predicted molar refractivity (Wildman–Crippen MR) is 139 cm³/mol. The summed E-state index contributed by atoms with van der Waals surface area (Å²) in [6.07, 6.45) is -0.555. The van der Waals surface area contributed by atoms with Gasteiger partial charge < -0.3 is 24.4 Å². The molecule has 0 heterocycles. The summed E-state index contributed by atoms with van der Waals surface area (Å²) < 4.78 is 14.9. The molecule has 2 amide bonds. The van der Waals surface area contributed by atoms with Crippen molar-refractivity contribution in [3.05, 3.63) is 107 Å². The number of carbonyl (C=O) groups is 4. The molecule has 0 spiro atoms. The summed E-state index contributed by atoms with van der Waals surface area (Å²) in [5, 5.41) is 2.46. The fourth-order valence-corrected chi connectivity index (χ4v) is 3.75. The van der Waals surface area contributed by atoms with Crippen LogP contribution in [0.15, 0.2) is 84.9 Å². The topological polar surface area (TPSA) is 111 Å². The van der Waals surface area contributed by atoms with E-state index in [1.165, 1.54) is 19.1 Å². The van der Waals surface area contributed by atoms with Crippen LogP contribution < -0.4 is 5.32 Å². The van der Waals surface area contributed by atoms with E-state index in [-0.39, 0.29) is 19.6 Å². The summed E-state index contributed by atoms with van der Waals surface area (Å²) in [6, 6.07) is 23.9. The van der Waals surface area contributed by atoms with Crippen LogP contribution in [0.5, 0.6) is 0 Å². The molecule has 0 radical (unpaired) electrons. The molecule has 1 atom stereocenters. The van der Waals surface area contributed by atoms with E-state index >= 15 is 0 Å². The molecule has 0 aliphatic rings. The molecular formula is C29H30N2O7. The van der Waals surface area contributed by atoms with Crippen molar-refractivity contribution in [3.63, 3.8) is 0 Å². The van der Waals surface area contributed by atoms with Gasteiger partial charge in [-0.05, 0) is 28.8 Å². The van der Waals surface area contributed by atoms with Gasteiger partial charge in [-0.1, -0.05) is 72.8 Å². The third-order valence-electron chi connectivity index (χ3n) is 5.77. The van der Waals surface area contributed by atoms with E-state index in [0.29, 0.717) is 11.1 Å². The lowest BCUT2D eigenvalue weighted by Gasteiger charge is -2.30. The molecule has 3 rings (SSSR count). The smallest absolute Gasteiger partial charge is 0.407 e. The lowest BCUT2D eigenvalue weighted by molar-refractivity contribution is -0.153. The van der Waals surface area contributed by atoms with Gasteiger partial charge in [0.25, 0.3) is 0 Å². The van der Waals surface area contributed by atoms with E-state index in [1.807, 2.05) is 60.7 Å². The zero-order valence-electron chi connectivity index (χ0n) is 21.3. The fraction of sp³-hybridized carbons (Fsp3) is 0.241. The van der Waals surface area contributed by atoms with Gasteiger partial charge in [-0.3, -0.25) is 4.79 Å². The Labute approximate surface area is 221 Å². The largest absolute Gasteiger partial charge is 0.467 e. The summed E-state index contributed by atoms with van der Waals surface area (Å²) in [6.45, 7) is -0.306. The molecule has 0 saturated carbocycles. The summed E-state index contributed by atoms with van der Waals surface area (Å²) in [7, 11) is 2.55. The van der Waals surface area contributed by atoms with Crippen molar-refractivity contribution in [2.24, 2.45) is 0 Å². The van der Waals surface area contributed by atoms with Crippen molar-refractivity contribution >= 4 is 23.9 Å². The molecule has 9 heteroatoms. The molecule has 0 aliphatic carbocycles. The maximum absolute atomic E-state index is 13.4. The van der Waals surface area contributed by atoms with Crippen molar-refractivity contribution in [3.8, 4) is 0 Å². The molecule has 0 bridgehead atoms. The zero-order chi connectivity index (χ0) is 27.3. The van der Waals surface area contributed by atoms with E-state index in [9.17, 15) is 19.2 Å². The Morgan fingerprint density at radius 1 is 0.763 bits per heavy atom. The second kappa shape index (κ2) is 14.2. The van der Waals surface area contributed by atoms with Crippen LogP contribution in [0.3, 0.4) is 0 Å². The fourth-order valence-electron chi connectivity index (χ4n) is 3.75. The number of amides is 2. The zero-order valence-corrected chi connectivity index (χ0v) is 21.3. The molecule has 3 aromatic rings. The van der Waals surface area contributed by atoms with Crippen LogP contribution in [0.1, 0.15) is 27.0 Å². The second-order valence-electron chi connectivity index (χ2n) is 8.35. The highest BCUT2D eigenvalue weighted by molar-refractivity contribution is 5.89. The van der Waals surface area contributed by atoms with Crippen molar-refractivity contribution in [1.82, 2.24) is 10.2 Å². The molecule has 0 saturated heterocycles. The number of hydrogen-bond acceptors (Lipinski definition) is 7. The highest BCUT2D eigenvalue weighted by atomic mass is 16.5. The first-order valence-corrected chi connectivity index (χ1v) is 11.9. The van der Waals surface area contributed by atoms with Gasteiger partial charge in [0.1, 0.15) is 19.2 Å². The van der Waals surface area contributed by atoms with Crippen LogP contribution in [-0.4, -0.2) is 55.6 Å². The molecule has 38 heavy (non-hydrogen) atoms. The van der Waals surface area contributed by atoms with E-state index in [1.54, 1.807) is 24.3 Å². The van der Waals surface area contributed by atoms with Crippen LogP contribution >= 0.6 is 0 Å². The average molecular weight is 519 g/mol. The Hall–Kier alpha value is -4.66. The van der Waals surface area contributed by atoms with Gasteiger partial charge in [-0.25, -0.2) is 14.4 Å². The number of alkyl carbamates (subject to hydrolysis) is 1. The highest BCUT2D eigenvalue weighted by Gasteiger charge is 2.31. The Morgan fingerprint density at radius 2 is 1.37 bits per heavy atom. The maximum atomic E-state index is 13.4. The Bertz CT molecular complexity index is 1210. The van der Waals surface area contributed by atoms with Crippen molar-refractivity contribution < 1.29 is 33.4 Å². The first-order valence-electron chi connectivity index (χ1n) is 11.9. The molecule has 1 unspecified atom stereocenters. The van der Waals surface area contributed by atoms with Crippen LogP contribution in [0, 0.1) is 0 Å². The number of benzene rings is 3. The average Bonchev–Trinajstić information content (AvgIpc) is 2.97. The number of rotatable bonds is 11. The number of hydrogen-bond donors (Lipinski definition) is 1. The quantitative estimate of drug-likeness (QED) is 0.305. The number of esters is 2. The third-order valence-corrected chi connectivity index (χ3v) is 5.77. The van der Waals surface area contributed by atoms with Gasteiger partial charge in [-0.15, -0.1) is 0 Å². The summed E-state index contributed by atoms with van der Waals surface area (Å²) in [4.78, 5) is 51.6. The van der Waals surface area contributed by atoms with Crippen LogP contribution in [0.4, 0.5) is 4.79 Å². The standard InChI is InChI=1S/C29H30N2O7/c1-36-27(33)24-15-13-22(14-16-24)19-31(25(28(34)37-2)17-21-9-5-3-6-10-21)26(32)18-30-29(35)38-20-23-11-7-4-8-12-23/h3-16,25H,17-20H2,1-2H3,(H,30,35). The SMILES string of the molecule is COC(=O)c1ccc(CN(C(=O)CNC(=O)OCc2ccccc2)C(Cc2ccccc2)C(=O)OC)cc1. The minimum absolute atomic E-state index is 0.0353. The number of methoxy groups -OCH3 is 2. The Morgan fingerprint density at radius 3 is 1.95 bits per heavy atom. The molecule has 0 aliphatic heterocycles. The van der Waals surface area contributed by atoms with Crippen LogP contribution in [-0.2, 0) is 43.4 Å². The maximum Gasteiger partial charge on any atom is 0.407 e. The predicted octanol–water partition coefficient (Wildman–Crippen LogP) is 3.51. The molecule has 0 aromatic heterocycles. The molecule has 198 valence electrons. The van der Waals surface area contributed by atoms with E-state index < -0.39 is 36.5 Å². The number of ether oxygens (including phenoxy) is 3. The van der Waals surface area contributed by atoms with E-state index in [2.05, 4.69) is 5.32 Å². The van der Waals surface area contributed by atoms with Crippen molar-refractivity contribution in [2.75, 3.05) is 20.8 Å². The van der Waals surface area contributed by atoms with Crippen LogP contribution in [0.2, 0.25) is 0 Å². The van der Waals surface area contributed by atoms with Crippen LogP contribution in [0.25, 0.3) is 0 Å².